The van der Waals surface area contributed by atoms with Gasteiger partial charge < -0.3 is 15.8 Å². The molecule has 8 nitrogen and oxygen atoms in total. The van der Waals surface area contributed by atoms with E-state index < -0.39 is 0 Å². The molecule has 1 aliphatic rings. The number of nitrogens with two attached hydrogens (primary N) is 1. The van der Waals surface area contributed by atoms with Gasteiger partial charge >= 0.3 is 0 Å². The van der Waals surface area contributed by atoms with Gasteiger partial charge in [-0.15, -0.1) is 0 Å². The molecule has 1 aliphatic heterocycles. The number of carbonyl (C=O) groups excluding carboxylic acids is 1. The maximum Gasteiger partial charge on any atom is 0.234 e. The molecule has 158 valence electrons. The summed E-state index contributed by atoms with van der Waals surface area (Å²) in [5, 5.41) is 12.4. The third kappa shape index (κ3) is 4.29. The first-order chi connectivity index (χ1) is 14.4. The molecule has 2 unspecified atom stereocenters. The van der Waals surface area contributed by atoms with Gasteiger partial charge in [0.15, 0.2) is 5.82 Å². The molecule has 3 heterocycles. The van der Waals surface area contributed by atoms with Crippen molar-refractivity contribution < 1.29 is 9.53 Å². The molecule has 0 radical (unpaired) electrons. The number of fused-ring (bicyclic) bond motifs is 1. The Morgan fingerprint density at radius 2 is 2.10 bits per heavy atom. The average Bonchev–Trinajstić information content (AvgIpc) is 3.34. The van der Waals surface area contributed by atoms with Crippen LogP contribution < -0.4 is 11.1 Å². The fourth-order valence-electron chi connectivity index (χ4n) is 3.98. The lowest BCUT2D eigenvalue weighted by Crippen LogP contribution is -2.43. The molecule has 1 amide bonds. The van der Waals surface area contributed by atoms with Gasteiger partial charge in [0.2, 0.25) is 5.91 Å². The Balaban J connectivity index is 1.67. The lowest BCUT2D eigenvalue weighted by Gasteiger charge is -2.33. The summed E-state index contributed by atoms with van der Waals surface area (Å²) < 4.78 is 6.25. The molecule has 8 heteroatoms. The normalized spacial score (nSPS) is 18.2. The van der Waals surface area contributed by atoms with Crippen LogP contribution in [0, 0.1) is 6.92 Å². The number of aromatic nitrogens is 3. The topological polar surface area (TPSA) is 109 Å². The molecule has 4 N–H and O–H groups in total. The van der Waals surface area contributed by atoms with Gasteiger partial charge in [0.05, 0.1) is 12.1 Å². The molecular formula is C22H28N6O2. The van der Waals surface area contributed by atoms with E-state index in [-0.39, 0.29) is 24.3 Å². The minimum absolute atomic E-state index is 0.0115. The molecule has 1 saturated heterocycles. The summed E-state index contributed by atoms with van der Waals surface area (Å²) in [4.78, 5) is 18.5. The first kappa shape index (κ1) is 20.3. The molecular weight excluding hydrogens is 380 g/mol. The van der Waals surface area contributed by atoms with Crippen LogP contribution in [0.5, 0.6) is 0 Å². The number of H-pyrrole nitrogens is 1. The van der Waals surface area contributed by atoms with E-state index in [1.165, 1.54) is 0 Å². The van der Waals surface area contributed by atoms with Gasteiger partial charge in [0, 0.05) is 29.9 Å². The summed E-state index contributed by atoms with van der Waals surface area (Å²) in [6.07, 6.45) is 3.22. The van der Waals surface area contributed by atoms with Crippen molar-refractivity contribution in [2.24, 2.45) is 5.73 Å². The molecule has 0 saturated carbocycles. The van der Waals surface area contributed by atoms with Crippen LogP contribution in [0.3, 0.4) is 0 Å². The maximum atomic E-state index is 12.0. The maximum absolute atomic E-state index is 12.0. The molecule has 0 aliphatic carbocycles. The predicted octanol–water partition coefficient (Wildman–Crippen LogP) is 3.38. The van der Waals surface area contributed by atoms with Crippen molar-refractivity contribution >= 4 is 28.3 Å². The van der Waals surface area contributed by atoms with Gasteiger partial charge in [0.1, 0.15) is 12.0 Å². The standard InChI is InChI=1S/C22H28N6O2/c1-13(2)30-22(28-8-4-5-18(28)21(23)29)15-6-7-16-12-24-19(11-17(16)10-15)25-20-9-14(3)26-27-20/h6-7,9-13,18,22H,4-5,8H2,1-3H3,(H2,23,29)(H2,24,25,26,27). The lowest BCUT2D eigenvalue weighted by molar-refractivity contribution is -0.133. The lowest BCUT2D eigenvalue weighted by atomic mass is 10.1. The van der Waals surface area contributed by atoms with E-state index in [2.05, 4.69) is 31.5 Å². The average molecular weight is 409 g/mol. The van der Waals surface area contributed by atoms with Crippen LogP contribution in [0.15, 0.2) is 36.5 Å². The number of aryl methyl sites for hydroxylation is 1. The van der Waals surface area contributed by atoms with Gasteiger partial charge in [-0.1, -0.05) is 12.1 Å². The Morgan fingerprint density at radius 1 is 1.27 bits per heavy atom. The third-order valence-corrected chi connectivity index (χ3v) is 5.32. The van der Waals surface area contributed by atoms with Crippen molar-refractivity contribution in [1.82, 2.24) is 20.1 Å². The Morgan fingerprint density at radius 3 is 2.80 bits per heavy atom. The SMILES string of the molecule is Cc1cc(Nc2cc3cc(C(OC(C)C)N4CCCC4C(N)=O)ccc3cn2)n[nH]1. The molecule has 2 aromatic heterocycles. The van der Waals surface area contributed by atoms with Gasteiger partial charge in [-0.2, -0.15) is 5.10 Å². The second-order valence-electron chi connectivity index (χ2n) is 8.07. The van der Waals surface area contributed by atoms with E-state index in [0.29, 0.717) is 5.82 Å². The number of primary amides is 1. The number of benzene rings is 1. The number of rotatable bonds is 7. The summed E-state index contributed by atoms with van der Waals surface area (Å²) in [7, 11) is 0. The summed E-state index contributed by atoms with van der Waals surface area (Å²) in [6.45, 7) is 6.73. The summed E-state index contributed by atoms with van der Waals surface area (Å²) in [5.41, 5.74) is 7.63. The molecule has 1 fully saturated rings. The first-order valence-corrected chi connectivity index (χ1v) is 10.3. The molecule has 3 aromatic rings. The zero-order valence-corrected chi connectivity index (χ0v) is 17.6. The quantitative estimate of drug-likeness (QED) is 0.553. The highest BCUT2D eigenvalue weighted by molar-refractivity contribution is 5.85. The summed E-state index contributed by atoms with van der Waals surface area (Å²) >= 11 is 0. The van der Waals surface area contributed by atoms with Crippen LogP contribution in [-0.4, -0.2) is 44.7 Å². The monoisotopic (exact) mass is 408 g/mol. The van der Waals surface area contributed by atoms with Gasteiger partial charge in [0.25, 0.3) is 0 Å². The van der Waals surface area contributed by atoms with Crippen LogP contribution in [0.2, 0.25) is 0 Å². The van der Waals surface area contributed by atoms with E-state index in [0.717, 1.165) is 47.2 Å². The van der Waals surface area contributed by atoms with Gasteiger partial charge in [-0.25, -0.2) is 4.98 Å². The molecule has 1 aromatic carbocycles. The van der Waals surface area contributed by atoms with Crippen molar-refractivity contribution in [3.05, 3.63) is 47.8 Å². The zero-order valence-electron chi connectivity index (χ0n) is 17.6. The highest BCUT2D eigenvalue weighted by atomic mass is 16.5. The number of amides is 1. The summed E-state index contributed by atoms with van der Waals surface area (Å²) in [5.74, 6) is 1.14. The van der Waals surface area contributed by atoms with Crippen molar-refractivity contribution in [2.45, 2.75) is 52.0 Å². The molecule has 4 rings (SSSR count). The van der Waals surface area contributed by atoms with E-state index >= 15 is 0 Å². The molecule has 0 bridgehead atoms. The number of likely N-dealkylation sites (tertiary alicyclic amines) is 1. The van der Waals surface area contributed by atoms with Crippen LogP contribution >= 0.6 is 0 Å². The summed E-state index contributed by atoms with van der Waals surface area (Å²) in [6, 6.07) is 9.78. The number of ether oxygens (including phenoxy) is 1. The minimum atomic E-state index is -0.326. The second-order valence-corrected chi connectivity index (χ2v) is 8.07. The van der Waals surface area contributed by atoms with E-state index in [1.54, 1.807) is 0 Å². The zero-order chi connectivity index (χ0) is 21.3. The fraction of sp³-hybridized carbons (Fsp3) is 0.409. The van der Waals surface area contributed by atoms with Crippen molar-refractivity contribution in [3.8, 4) is 0 Å². The van der Waals surface area contributed by atoms with Gasteiger partial charge in [-0.3, -0.25) is 14.8 Å². The van der Waals surface area contributed by atoms with Crippen molar-refractivity contribution in [2.75, 3.05) is 11.9 Å². The number of hydrogen-bond donors (Lipinski definition) is 3. The molecule has 2 atom stereocenters. The van der Waals surface area contributed by atoms with Crippen molar-refractivity contribution in [1.29, 1.82) is 0 Å². The van der Waals surface area contributed by atoms with Crippen LogP contribution in [-0.2, 0) is 9.53 Å². The van der Waals surface area contributed by atoms with Crippen molar-refractivity contribution in [3.63, 3.8) is 0 Å². The van der Waals surface area contributed by atoms with E-state index in [1.807, 2.05) is 51.2 Å². The van der Waals surface area contributed by atoms with E-state index in [9.17, 15) is 4.79 Å². The van der Waals surface area contributed by atoms with Crippen LogP contribution in [0.25, 0.3) is 10.8 Å². The first-order valence-electron chi connectivity index (χ1n) is 10.3. The molecule has 0 spiro atoms. The second kappa shape index (κ2) is 8.41. The number of nitrogens with zero attached hydrogens (tertiary/aromatic N) is 3. The number of carbonyl (C=O) groups is 1. The number of nitrogens with one attached hydrogen (secondary N) is 2. The number of hydrogen-bond acceptors (Lipinski definition) is 6. The highest BCUT2D eigenvalue weighted by Crippen LogP contribution is 2.33. The smallest absolute Gasteiger partial charge is 0.234 e. The Hall–Kier alpha value is -2.97. The Bertz CT molecular complexity index is 1050. The minimum Gasteiger partial charge on any atom is -0.368 e. The molecule has 30 heavy (non-hydrogen) atoms. The highest BCUT2D eigenvalue weighted by Gasteiger charge is 2.36. The number of anilines is 2. The number of aromatic amines is 1. The largest absolute Gasteiger partial charge is 0.368 e. The van der Waals surface area contributed by atoms with Crippen LogP contribution in [0.1, 0.15) is 44.2 Å². The Labute approximate surface area is 175 Å². The van der Waals surface area contributed by atoms with E-state index in [4.69, 9.17) is 10.5 Å². The van der Waals surface area contributed by atoms with Crippen LogP contribution in [0.4, 0.5) is 11.6 Å². The fourth-order valence-corrected chi connectivity index (χ4v) is 3.98. The third-order valence-electron chi connectivity index (χ3n) is 5.32. The predicted molar refractivity (Wildman–Crippen MR) is 116 cm³/mol. The van der Waals surface area contributed by atoms with Gasteiger partial charge in [-0.05, 0) is 56.7 Å². The Kier molecular flexibility index (Phi) is 5.69. The number of pyridine rings is 1.